The molecule has 1 aliphatic carbocycles. The summed E-state index contributed by atoms with van der Waals surface area (Å²) in [5, 5.41) is 3.68. The van der Waals surface area contributed by atoms with Crippen molar-refractivity contribution in [2.75, 3.05) is 26.2 Å². The van der Waals surface area contributed by atoms with Gasteiger partial charge in [0.1, 0.15) is 0 Å². The number of rotatable bonds is 6. The molecule has 0 bridgehead atoms. The molecule has 2 heteroatoms. The molecule has 1 saturated heterocycles. The van der Waals surface area contributed by atoms with Gasteiger partial charge in [-0.15, -0.1) is 0 Å². The fraction of sp³-hybridized carbons (Fsp3) is 1.00. The Balaban J connectivity index is 1.57. The van der Waals surface area contributed by atoms with Crippen molar-refractivity contribution in [2.24, 2.45) is 11.8 Å². The molecule has 2 aliphatic rings. The Hall–Kier alpha value is -0.0800. The predicted octanol–water partition coefficient (Wildman–Crippen LogP) is 2.50. The summed E-state index contributed by atoms with van der Waals surface area (Å²) in [5.74, 6) is 1.89. The third-order valence-electron chi connectivity index (χ3n) is 3.99. The SMILES string of the molecule is CC(C)CCCCN1CCNC(C2CC2)C1. The molecule has 16 heavy (non-hydrogen) atoms. The predicted molar refractivity (Wildman–Crippen MR) is 69.6 cm³/mol. The first-order valence-electron chi connectivity index (χ1n) is 7.21. The highest BCUT2D eigenvalue weighted by Gasteiger charge is 2.33. The smallest absolute Gasteiger partial charge is 0.0223 e. The first-order chi connectivity index (χ1) is 7.75. The molecule has 1 heterocycles. The maximum atomic E-state index is 3.68. The van der Waals surface area contributed by atoms with Crippen molar-refractivity contribution in [2.45, 2.75) is 52.0 Å². The standard InChI is InChI=1S/C14H28N2/c1-12(2)5-3-4-9-16-10-8-15-14(11-16)13-6-7-13/h12-15H,3-11H2,1-2H3. The van der Waals surface area contributed by atoms with Crippen LogP contribution in [-0.2, 0) is 0 Å². The Labute approximate surface area is 101 Å². The maximum absolute atomic E-state index is 3.68. The number of nitrogens with one attached hydrogen (secondary N) is 1. The second-order valence-corrected chi connectivity index (χ2v) is 6.09. The van der Waals surface area contributed by atoms with E-state index >= 15 is 0 Å². The van der Waals surface area contributed by atoms with E-state index in [-0.39, 0.29) is 0 Å². The summed E-state index contributed by atoms with van der Waals surface area (Å²) in [6.07, 6.45) is 7.15. The molecule has 1 saturated carbocycles. The van der Waals surface area contributed by atoms with Gasteiger partial charge in [-0.3, -0.25) is 0 Å². The van der Waals surface area contributed by atoms with Crippen LogP contribution in [0.15, 0.2) is 0 Å². The van der Waals surface area contributed by atoms with Crippen LogP contribution in [-0.4, -0.2) is 37.1 Å². The van der Waals surface area contributed by atoms with Gasteiger partial charge in [-0.1, -0.05) is 26.7 Å². The van der Waals surface area contributed by atoms with Crippen molar-refractivity contribution >= 4 is 0 Å². The summed E-state index contributed by atoms with van der Waals surface area (Å²) in [4.78, 5) is 2.68. The number of hydrogen-bond acceptors (Lipinski definition) is 2. The number of piperazine rings is 1. The van der Waals surface area contributed by atoms with Crippen LogP contribution in [0.2, 0.25) is 0 Å². The van der Waals surface area contributed by atoms with E-state index in [9.17, 15) is 0 Å². The lowest BCUT2D eigenvalue weighted by Gasteiger charge is -2.33. The molecule has 1 atom stereocenters. The fourth-order valence-corrected chi connectivity index (χ4v) is 2.75. The van der Waals surface area contributed by atoms with Crippen LogP contribution in [0.1, 0.15) is 46.0 Å². The minimum atomic E-state index is 0.818. The van der Waals surface area contributed by atoms with Crippen LogP contribution in [0.5, 0.6) is 0 Å². The summed E-state index contributed by atoms with van der Waals surface area (Å²) in [6.45, 7) is 9.78. The van der Waals surface area contributed by atoms with E-state index in [2.05, 4.69) is 24.1 Å². The molecule has 0 amide bonds. The average Bonchev–Trinajstić information content (AvgIpc) is 3.08. The van der Waals surface area contributed by atoms with Crippen LogP contribution < -0.4 is 5.32 Å². The highest BCUT2D eigenvalue weighted by Crippen LogP contribution is 2.33. The quantitative estimate of drug-likeness (QED) is 0.697. The second-order valence-electron chi connectivity index (χ2n) is 6.09. The molecule has 2 fully saturated rings. The van der Waals surface area contributed by atoms with E-state index in [1.807, 2.05) is 0 Å². The zero-order valence-corrected chi connectivity index (χ0v) is 11.0. The Kier molecular flexibility index (Phi) is 4.66. The Morgan fingerprint density at radius 1 is 1.25 bits per heavy atom. The minimum Gasteiger partial charge on any atom is -0.311 e. The lowest BCUT2D eigenvalue weighted by Crippen LogP contribution is -2.51. The number of hydrogen-bond donors (Lipinski definition) is 1. The molecule has 94 valence electrons. The maximum Gasteiger partial charge on any atom is 0.0223 e. The van der Waals surface area contributed by atoms with Gasteiger partial charge in [0.05, 0.1) is 0 Å². The molecule has 1 N–H and O–H groups in total. The van der Waals surface area contributed by atoms with Crippen molar-refractivity contribution in [3.05, 3.63) is 0 Å². The molecule has 2 nitrogen and oxygen atoms in total. The first kappa shape index (κ1) is 12.4. The van der Waals surface area contributed by atoms with E-state index in [4.69, 9.17) is 0 Å². The van der Waals surface area contributed by atoms with Gasteiger partial charge in [0, 0.05) is 25.7 Å². The van der Waals surface area contributed by atoms with Gasteiger partial charge >= 0.3 is 0 Å². The van der Waals surface area contributed by atoms with Crippen LogP contribution >= 0.6 is 0 Å². The summed E-state index contributed by atoms with van der Waals surface area (Å²) >= 11 is 0. The van der Waals surface area contributed by atoms with Crippen molar-refractivity contribution in [1.82, 2.24) is 10.2 Å². The largest absolute Gasteiger partial charge is 0.311 e. The molecule has 1 unspecified atom stereocenters. The average molecular weight is 224 g/mol. The van der Waals surface area contributed by atoms with Gasteiger partial charge in [0.2, 0.25) is 0 Å². The molecule has 1 aliphatic heterocycles. The molecule has 0 radical (unpaired) electrons. The normalized spacial score (nSPS) is 27.6. The molecule has 0 spiro atoms. The van der Waals surface area contributed by atoms with E-state index in [1.165, 1.54) is 58.3 Å². The fourth-order valence-electron chi connectivity index (χ4n) is 2.75. The summed E-state index contributed by atoms with van der Waals surface area (Å²) in [7, 11) is 0. The summed E-state index contributed by atoms with van der Waals surface area (Å²) in [5.41, 5.74) is 0. The van der Waals surface area contributed by atoms with Gasteiger partial charge in [-0.25, -0.2) is 0 Å². The summed E-state index contributed by atoms with van der Waals surface area (Å²) < 4.78 is 0. The van der Waals surface area contributed by atoms with Crippen LogP contribution in [0.4, 0.5) is 0 Å². The Morgan fingerprint density at radius 2 is 2.06 bits per heavy atom. The van der Waals surface area contributed by atoms with Crippen molar-refractivity contribution in [3.8, 4) is 0 Å². The van der Waals surface area contributed by atoms with Crippen LogP contribution in [0.3, 0.4) is 0 Å². The topological polar surface area (TPSA) is 15.3 Å². The van der Waals surface area contributed by atoms with Crippen molar-refractivity contribution in [3.63, 3.8) is 0 Å². The van der Waals surface area contributed by atoms with E-state index in [0.29, 0.717) is 0 Å². The zero-order valence-electron chi connectivity index (χ0n) is 11.0. The third kappa shape index (κ3) is 4.06. The van der Waals surface area contributed by atoms with Gasteiger partial charge in [-0.2, -0.15) is 0 Å². The molecule has 0 aromatic heterocycles. The molecule has 0 aromatic carbocycles. The molecular weight excluding hydrogens is 196 g/mol. The summed E-state index contributed by atoms with van der Waals surface area (Å²) in [6, 6.07) is 0.818. The minimum absolute atomic E-state index is 0.818. The van der Waals surface area contributed by atoms with Crippen molar-refractivity contribution < 1.29 is 0 Å². The lowest BCUT2D eigenvalue weighted by molar-refractivity contribution is 0.185. The number of nitrogens with zero attached hydrogens (tertiary/aromatic N) is 1. The highest BCUT2D eigenvalue weighted by atomic mass is 15.2. The van der Waals surface area contributed by atoms with Crippen molar-refractivity contribution in [1.29, 1.82) is 0 Å². The first-order valence-corrected chi connectivity index (χ1v) is 7.21. The van der Waals surface area contributed by atoms with Gasteiger partial charge in [0.25, 0.3) is 0 Å². The molecular formula is C14H28N2. The zero-order chi connectivity index (χ0) is 11.4. The van der Waals surface area contributed by atoms with Gasteiger partial charge in [0.15, 0.2) is 0 Å². The van der Waals surface area contributed by atoms with E-state index in [0.717, 1.165) is 17.9 Å². The van der Waals surface area contributed by atoms with Gasteiger partial charge in [-0.05, 0) is 37.6 Å². The van der Waals surface area contributed by atoms with Crippen LogP contribution in [0.25, 0.3) is 0 Å². The monoisotopic (exact) mass is 224 g/mol. The molecule has 0 aromatic rings. The highest BCUT2D eigenvalue weighted by molar-refractivity contribution is 4.91. The van der Waals surface area contributed by atoms with Crippen LogP contribution in [0, 0.1) is 11.8 Å². The van der Waals surface area contributed by atoms with E-state index < -0.39 is 0 Å². The Bertz CT molecular complexity index is 199. The third-order valence-corrected chi connectivity index (χ3v) is 3.99. The van der Waals surface area contributed by atoms with Gasteiger partial charge < -0.3 is 10.2 Å². The number of unbranched alkanes of at least 4 members (excludes halogenated alkanes) is 1. The lowest BCUT2D eigenvalue weighted by atomic mass is 10.1. The Morgan fingerprint density at radius 3 is 2.75 bits per heavy atom. The van der Waals surface area contributed by atoms with E-state index in [1.54, 1.807) is 0 Å². The second kappa shape index (κ2) is 6.02. The molecule has 2 rings (SSSR count).